The van der Waals surface area contributed by atoms with Gasteiger partial charge in [-0.3, -0.25) is 4.79 Å². The molecule has 7 heteroatoms. The van der Waals surface area contributed by atoms with Gasteiger partial charge in [-0.05, 0) is 29.1 Å². The van der Waals surface area contributed by atoms with Crippen molar-refractivity contribution in [2.45, 2.75) is 12.6 Å². The lowest BCUT2D eigenvalue weighted by Gasteiger charge is -2.25. The molecule has 5 nitrogen and oxygen atoms in total. The first kappa shape index (κ1) is 15.2. The smallest absolute Gasteiger partial charge is 0.319 e. The Balaban J connectivity index is 1.64. The number of carbonyl (C=O) groups is 2. The number of rotatable bonds is 3. The summed E-state index contributed by atoms with van der Waals surface area (Å²) in [5, 5.41) is 8.22. The van der Waals surface area contributed by atoms with Crippen LogP contribution in [0.5, 0.6) is 0 Å². The Labute approximate surface area is 147 Å². The maximum absolute atomic E-state index is 12.9. The molecule has 0 spiro atoms. The summed E-state index contributed by atoms with van der Waals surface area (Å²) in [7, 11) is 0. The molecule has 0 saturated carbocycles. The lowest BCUT2D eigenvalue weighted by Crippen LogP contribution is -2.44. The topological polar surface area (TPSA) is 61.4 Å². The van der Waals surface area contributed by atoms with E-state index >= 15 is 0 Å². The van der Waals surface area contributed by atoms with Gasteiger partial charge in [0.25, 0.3) is 5.91 Å². The van der Waals surface area contributed by atoms with Crippen LogP contribution in [0.3, 0.4) is 0 Å². The van der Waals surface area contributed by atoms with Crippen molar-refractivity contribution in [3.63, 3.8) is 0 Å². The van der Waals surface area contributed by atoms with Crippen molar-refractivity contribution >= 4 is 34.9 Å². The van der Waals surface area contributed by atoms with Gasteiger partial charge in [0.2, 0.25) is 0 Å². The molecule has 2 N–H and O–H groups in total. The molecule has 3 heterocycles. The normalized spacial score (nSPS) is 20.0. The Morgan fingerprint density at radius 2 is 2.00 bits per heavy atom. The summed E-state index contributed by atoms with van der Waals surface area (Å²) in [6, 6.07) is 10.4. The first-order valence-electron chi connectivity index (χ1n) is 7.49. The largest absolute Gasteiger partial charge is 0.328 e. The summed E-state index contributed by atoms with van der Waals surface area (Å²) in [5.41, 5.74) is 2.13. The molecular formula is C17H14ClN3O2S. The maximum Gasteiger partial charge on any atom is 0.319 e. The monoisotopic (exact) mass is 359 g/mol. The second kappa shape index (κ2) is 5.96. The van der Waals surface area contributed by atoms with E-state index in [0.717, 1.165) is 10.4 Å². The number of hydrogen-bond donors (Lipinski definition) is 2. The van der Waals surface area contributed by atoms with E-state index in [-0.39, 0.29) is 11.9 Å². The third kappa shape index (κ3) is 2.68. The van der Waals surface area contributed by atoms with Gasteiger partial charge in [0.05, 0.1) is 30.4 Å². The van der Waals surface area contributed by atoms with Crippen LogP contribution in [0.1, 0.15) is 16.5 Å². The molecule has 0 unspecified atom stereocenters. The molecule has 2 aromatic rings. The van der Waals surface area contributed by atoms with Gasteiger partial charge < -0.3 is 15.5 Å². The Morgan fingerprint density at radius 3 is 2.71 bits per heavy atom. The molecule has 1 aromatic heterocycles. The van der Waals surface area contributed by atoms with E-state index in [1.807, 2.05) is 29.6 Å². The number of thiophene rings is 1. The number of carbonyl (C=O) groups excluding carboxylic acids is 2. The molecule has 1 atom stereocenters. The van der Waals surface area contributed by atoms with Gasteiger partial charge in [-0.15, -0.1) is 11.3 Å². The van der Waals surface area contributed by atoms with Crippen LogP contribution >= 0.6 is 22.9 Å². The van der Waals surface area contributed by atoms with Crippen LogP contribution in [0.2, 0.25) is 5.02 Å². The zero-order chi connectivity index (χ0) is 16.7. The molecule has 0 bridgehead atoms. The first-order chi connectivity index (χ1) is 11.6. The van der Waals surface area contributed by atoms with Crippen molar-refractivity contribution in [2.24, 2.45) is 0 Å². The van der Waals surface area contributed by atoms with Gasteiger partial charge >= 0.3 is 6.03 Å². The number of nitrogens with zero attached hydrogens (tertiary/aromatic N) is 1. The lowest BCUT2D eigenvalue weighted by molar-refractivity contribution is -0.126. The molecule has 2 aliphatic heterocycles. The Hall–Kier alpha value is -2.31. The predicted octanol–water partition coefficient (Wildman–Crippen LogP) is 3.05. The number of hydrogen-bond acceptors (Lipinski definition) is 3. The number of halogens is 1. The molecule has 4 rings (SSSR count). The maximum atomic E-state index is 12.9. The van der Waals surface area contributed by atoms with Crippen LogP contribution in [0, 0.1) is 0 Å². The SMILES string of the molecule is O=C1NC2=C(C(=O)N(Cc3cccs3)C2)[C@H](c2ccc(Cl)cc2)N1. The summed E-state index contributed by atoms with van der Waals surface area (Å²) in [6.07, 6.45) is 0. The van der Waals surface area contributed by atoms with E-state index in [1.54, 1.807) is 28.4 Å². The molecule has 122 valence electrons. The van der Waals surface area contributed by atoms with E-state index in [2.05, 4.69) is 10.6 Å². The minimum atomic E-state index is -0.452. The molecule has 2 aliphatic rings. The van der Waals surface area contributed by atoms with Crippen molar-refractivity contribution in [3.8, 4) is 0 Å². The Bertz CT molecular complexity index is 830. The molecule has 0 saturated heterocycles. The standard InChI is InChI=1S/C17H14ClN3O2S/c18-11-5-3-10(4-6-11)15-14-13(19-17(23)20-15)9-21(16(14)22)8-12-2-1-7-24-12/h1-7,15H,8-9H2,(H2,19,20,23)/t15-/m0/s1. The van der Waals surface area contributed by atoms with Crippen LogP contribution < -0.4 is 10.6 Å². The average Bonchev–Trinajstić information content (AvgIpc) is 3.17. The van der Waals surface area contributed by atoms with Crippen LogP contribution in [-0.4, -0.2) is 23.4 Å². The lowest BCUT2D eigenvalue weighted by atomic mass is 9.96. The Kier molecular flexibility index (Phi) is 3.78. The second-order valence-electron chi connectivity index (χ2n) is 5.72. The highest BCUT2D eigenvalue weighted by atomic mass is 35.5. The van der Waals surface area contributed by atoms with Crippen LogP contribution in [0.15, 0.2) is 53.0 Å². The number of amides is 3. The van der Waals surface area contributed by atoms with Crippen molar-refractivity contribution in [2.75, 3.05) is 6.54 Å². The van der Waals surface area contributed by atoms with Crippen LogP contribution in [0.4, 0.5) is 4.79 Å². The quantitative estimate of drug-likeness (QED) is 0.884. The minimum Gasteiger partial charge on any atom is -0.328 e. The van der Waals surface area contributed by atoms with Gasteiger partial charge in [-0.25, -0.2) is 4.79 Å². The molecule has 3 amide bonds. The first-order valence-corrected chi connectivity index (χ1v) is 8.75. The zero-order valence-corrected chi connectivity index (χ0v) is 14.2. The summed E-state index contributed by atoms with van der Waals surface area (Å²) >= 11 is 7.55. The second-order valence-corrected chi connectivity index (χ2v) is 7.18. The zero-order valence-electron chi connectivity index (χ0n) is 12.6. The van der Waals surface area contributed by atoms with Crippen molar-refractivity contribution in [1.82, 2.24) is 15.5 Å². The van der Waals surface area contributed by atoms with E-state index in [1.165, 1.54) is 0 Å². The molecular weight excluding hydrogens is 346 g/mol. The number of nitrogens with one attached hydrogen (secondary N) is 2. The van der Waals surface area contributed by atoms with Gasteiger partial charge in [0, 0.05) is 9.90 Å². The van der Waals surface area contributed by atoms with Gasteiger partial charge in [-0.2, -0.15) is 0 Å². The van der Waals surface area contributed by atoms with Gasteiger partial charge in [0.1, 0.15) is 0 Å². The highest BCUT2D eigenvalue weighted by Crippen LogP contribution is 2.33. The van der Waals surface area contributed by atoms with Crippen LogP contribution in [0.25, 0.3) is 0 Å². The molecule has 1 aromatic carbocycles. The van der Waals surface area contributed by atoms with E-state index in [0.29, 0.717) is 29.4 Å². The fourth-order valence-electron chi connectivity index (χ4n) is 3.05. The predicted molar refractivity (Wildman–Crippen MR) is 92.6 cm³/mol. The van der Waals surface area contributed by atoms with Crippen LogP contribution in [-0.2, 0) is 11.3 Å². The van der Waals surface area contributed by atoms with Crippen molar-refractivity contribution < 1.29 is 9.59 Å². The van der Waals surface area contributed by atoms with Crippen molar-refractivity contribution in [1.29, 1.82) is 0 Å². The van der Waals surface area contributed by atoms with E-state index in [9.17, 15) is 9.59 Å². The van der Waals surface area contributed by atoms with E-state index < -0.39 is 6.04 Å². The van der Waals surface area contributed by atoms with E-state index in [4.69, 9.17) is 11.6 Å². The molecule has 24 heavy (non-hydrogen) atoms. The molecule has 0 fully saturated rings. The summed E-state index contributed by atoms with van der Waals surface area (Å²) in [6.45, 7) is 0.969. The number of urea groups is 1. The number of benzene rings is 1. The molecule has 0 aliphatic carbocycles. The highest BCUT2D eigenvalue weighted by molar-refractivity contribution is 7.09. The molecule has 0 radical (unpaired) electrons. The average molecular weight is 360 g/mol. The Morgan fingerprint density at radius 1 is 1.21 bits per heavy atom. The third-order valence-corrected chi connectivity index (χ3v) is 5.26. The summed E-state index contributed by atoms with van der Waals surface area (Å²) in [5.74, 6) is -0.0501. The fourth-order valence-corrected chi connectivity index (χ4v) is 3.90. The van der Waals surface area contributed by atoms with Crippen molar-refractivity contribution in [3.05, 3.63) is 68.5 Å². The van der Waals surface area contributed by atoms with Gasteiger partial charge in [0.15, 0.2) is 0 Å². The fraction of sp³-hybridized carbons (Fsp3) is 0.176. The summed E-state index contributed by atoms with van der Waals surface area (Å²) < 4.78 is 0. The van der Waals surface area contributed by atoms with Gasteiger partial charge in [-0.1, -0.05) is 29.8 Å². The highest BCUT2D eigenvalue weighted by Gasteiger charge is 2.40. The third-order valence-electron chi connectivity index (χ3n) is 4.15. The minimum absolute atomic E-state index is 0.0501. The summed E-state index contributed by atoms with van der Waals surface area (Å²) in [4.78, 5) is 27.7.